The van der Waals surface area contributed by atoms with E-state index in [4.69, 9.17) is 4.74 Å². The molecule has 1 aromatic heterocycles. The maximum atomic E-state index is 13.2. The van der Waals surface area contributed by atoms with Crippen molar-refractivity contribution in [1.29, 1.82) is 0 Å². The predicted octanol–water partition coefficient (Wildman–Crippen LogP) is 1.27. The summed E-state index contributed by atoms with van der Waals surface area (Å²) in [5.74, 6) is 1.45. The molecule has 3 rings (SSSR count). The number of aliphatic imine (C=N–C) groups is 1. The number of amides is 1. The van der Waals surface area contributed by atoms with Crippen molar-refractivity contribution in [2.24, 2.45) is 4.99 Å². The van der Waals surface area contributed by atoms with E-state index in [9.17, 15) is 4.79 Å². The maximum absolute atomic E-state index is 13.2. The van der Waals surface area contributed by atoms with Gasteiger partial charge in [-0.1, -0.05) is 37.3 Å². The van der Waals surface area contributed by atoms with Gasteiger partial charge >= 0.3 is 0 Å². The van der Waals surface area contributed by atoms with Crippen molar-refractivity contribution in [3.63, 3.8) is 0 Å². The third-order valence-corrected chi connectivity index (χ3v) is 5.18. The summed E-state index contributed by atoms with van der Waals surface area (Å²) in [6, 6.07) is 9.89. The van der Waals surface area contributed by atoms with Crippen LogP contribution >= 0.6 is 24.0 Å². The van der Waals surface area contributed by atoms with Gasteiger partial charge in [-0.2, -0.15) is 0 Å². The molecule has 1 atom stereocenters. The number of nitrogens with zero attached hydrogens (tertiary/aromatic N) is 5. The Labute approximate surface area is 200 Å². The van der Waals surface area contributed by atoms with Gasteiger partial charge in [-0.3, -0.25) is 9.79 Å². The van der Waals surface area contributed by atoms with Crippen LogP contribution in [0.1, 0.15) is 24.2 Å². The first-order chi connectivity index (χ1) is 14.7. The lowest BCUT2D eigenvalue weighted by Gasteiger charge is -2.31. The molecular formula is C21H32IN7O2. The highest BCUT2D eigenvalue weighted by Crippen LogP contribution is 2.18. The van der Waals surface area contributed by atoms with Gasteiger partial charge in [-0.15, -0.1) is 34.2 Å². The van der Waals surface area contributed by atoms with Crippen molar-refractivity contribution in [2.75, 3.05) is 46.4 Å². The van der Waals surface area contributed by atoms with E-state index in [1.165, 1.54) is 0 Å². The molecule has 1 aliphatic rings. The van der Waals surface area contributed by atoms with Gasteiger partial charge in [0, 0.05) is 46.2 Å². The largest absolute Gasteiger partial charge is 0.378 e. The molecule has 0 bridgehead atoms. The van der Waals surface area contributed by atoms with E-state index in [-0.39, 0.29) is 35.8 Å². The minimum absolute atomic E-state index is 0. The first-order valence-corrected chi connectivity index (χ1v) is 10.5. The topological polar surface area (TPSA) is 96.7 Å². The highest BCUT2D eigenvalue weighted by atomic mass is 127. The van der Waals surface area contributed by atoms with Gasteiger partial charge in [0.15, 0.2) is 5.96 Å². The molecule has 0 aliphatic carbocycles. The van der Waals surface area contributed by atoms with Gasteiger partial charge in [-0.05, 0) is 5.56 Å². The molecule has 1 amide bonds. The van der Waals surface area contributed by atoms with Crippen LogP contribution in [0.5, 0.6) is 0 Å². The third kappa shape index (κ3) is 7.17. The smallest absolute Gasteiger partial charge is 0.232 e. The van der Waals surface area contributed by atoms with Gasteiger partial charge in [0.2, 0.25) is 5.91 Å². The lowest BCUT2D eigenvalue weighted by molar-refractivity contribution is -0.136. The lowest BCUT2D eigenvalue weighted by atomic mass is 9.97. The molecule has 1 fully saturated rings. The molecule has 1 saturated heterocycles. The maximum Gasteiger partial charge on any atom is 0.232 e. The molecule has 0 spiro atoms. The third-order valence-electron chi connectivity index (χ3n) is 5.18. The second-order valence-electron chi connectivity index (χ2n) is 7.07. The Balaban J connectivity index is 0.00000341. The summed E-state index contributed by atoms with van der Waals surface area (Å²) < 4.78 is 7.42. The number of guanidine groups is 1. The molecule has 0 radical (unpaired) electrons. The summed E-state index contributed by atoms with van der Waals surface area (Å²) in [6.45, 7) is 6.39. The Hall–Kier alpha value is -2.21. The summed E-state index contributed by atoms with van der Waals surface area (Å²) in [7, 11) is 1.73. The summed E-state index contributed by atoms with van der Waals surface area (Å²) in [5, 5.41) is 14.7. The summed E-state index contributed by atoms with van der Waals surface area (Å²) in [5.41, 5.74) is 0.994. The van der Waals surface area contributed by atoms with Crippen LogP contribution in [-0.4, -0.2) is 78.0 Å². The van der Waals surface area contributed by atoms with Crippen molar-refractivity contribution in [3.05, 3.63) is 48.0 Å². The Kier molecular flexibility index (Phi) is 10.7. The average molecular weight is 541 g/mol. The normalized spacial score (nSPS) is 15.2. The molecule has 10 heteroatoms. The van der Waals surface area contributed by atoms with Crippen LogP contribution in [0.25, 0.3) is 0 Å². The number of halogens is 1. The summed E-state index contributed by atoms with van der Waals surface area (Å²) >= 11 is 0. The second-order valence-corrected chi connectivity index (χ2v) is 7.07. The van der Waals surface area contributed by atoms with E-state index in [1.807, 2.05) is 39.8 Å². The summed E-state index contributed by atoms with van der Waals surface area (Å²) in [4.78, 5) is 19.4. The molecule has 0 saturated carbocycles. The fourth-order valence-corrected chi connectivity index (χ4v) is 3.49. The molecule has 170 valence electrons. The standard InChI is InChI=1S/C21H31N7O2.HI/c1-3-19-26-25-16-28(19)10-9-23-21(22-2)24-15-18(17-7-5-4-6-8-17)20(29)27-11-13-30-14-12-27;/h4-8,16,18H,3,9-15H2,1-2H3,(H2,22,23,24);1H. The second kappa shape index (κ2) is 13.3. The molecule has 2 N–H and O–H groups in total. The fraction of sp³-hybridized carbons (Fsp3) is 0.524. The zero-order chi connectivity index (χ0) is 21.2. The average Bonchev–Trinajstić information content (AvgIpc) is 3.26. The Morgan fingerprint density at radius 3 is 2.65 bits per heavy atom. The van der Waals surface area contributed by atoms with Crippen LogP contribution in [0.4, 0.5) is 0 Å². The minimum atomic E-state index is -0.285. The van der Waals surface area contributed by atoms with E-state index < -0.39 is 0 Å². The molecule has 31 heavy (non-hydrogen) atoms. The number of aryl methyl sites for hydroxylation is 1. The number of benzene rings is 1. The number of nitrogens with one attached hydrogen (secondary N) is 2. The fourth-order valence-electron chi connectivity index (χ4n) is 3.49. The number of aromatic nitrogens is 3. The molecule has 1 unspecified atom stereocenters. The minimum Gasteiger partial charge on any atom is -0.378 e. The van der Waals surface area contributed by atoms with Gasteiger partial charge in [0.05, 0.1) is 19.1 Å². The number of hydrogen-bond donors (Lipinski definition) is 2. The van der Waals surface area contributed by atoms with Crippen LogP contribution in [-0.2, 0) is 22.5 Å². The highest BCUT2D eigenvalue weighted by Gasteiger charge is 2.27. The van der Waals surface area contributed by atoms with E-state index in [0.717, 1.165) is 24.4 Å². The molecular weight excluding hydrogens is 509 g/mol. The zero-order valence-electron chi connectivity index (χ0n) is 18.2. The van der Waals surface area contributed by atoms with Crippen molar-refractivity contribution in [2.45, 2.75) is 25.8 Å². The van der Waals surface area contributed by atoms with Crippen molar-refractivity contribution < 1.29 is 9.53 Å². The quantitative estimate of drug-likeness (QED) is 0.297. The van der Waals surface area contributed by atoms with Crippen LogP contribution in [0.15, 0.2) is 41.7 Å². The Morgan fingerprint density at radius 2 is 1.97 bits per heavy atom. The molecule has 1 aromatic carbocycles. The number of rotatable bonds is 8. The van der Waals surface area contributed by atoms with E-state index >= 15 is 0 Å². The monoisotopic (exact) mass is 541 g/mol. The SMILES string of the molecule is CCc1nncn1CCNC(=NC)NCC(C(=O)N1CCOCC1)c1ccccc1.I. The molecule has 1 aliphatic heterocycles. The molecule has 2 heterocycles. The number of ether oxygens (including phenoxy) is 1. The van der Waals surface area contributed by atoms with E-state index in [2.05, 4.69) is 32.7 Å². The number of morpholine rings is 1. The van der Waals surface area contributed by atoms with Crippen molar-refractivity contribution >= 4 is 35.8 Å². The van der Waals surface area contributed by atoms with Crippen LogP contribution in [0, 0.1) is 0 Å². The van der Waals surface area contributed by atoms with Crippen LogP contribution < -0.4 is 10.6 Å². The van der Waals surface area contributed by atoms with Gasteiger partial charge in [0.25, 0.3) is 0 Å². The van der Waals surface area contributed by atoms with E-state index in [0.29, 0.717) is 45.4 Å². The Bertz CT molecular complexity index is 822. The number of carbonyl (C=O) groups is 1. The number of carbonyl (C=O) groups excluding carboxylic acids is 1. The highest BCUT2D eigenvalue weighted by molar-refractivity contribution is 14.0. The Morgan fingerprint density at radius 1 is 1.23 bits per heavy atom. The van der Waals surface area contributed by atoms with E-state index in [1.54, 1.807) is 13.4 Å². The number of hydrogen-bond acceptors (Lipinski definition) is 5. The first-order valence-electron chi connectivity index (χ1n) is 10.5. The van der Waals surface area contributed by atoms with Gasteiger partial charge < -0.3 is 24.8 Å². The van der Waals surface area contributed by atoms with Crippen molar-refractivity contribution in [3.8, 4) is 0 Å². The van der Waals surface area contributed by atoms with Crippen molar-refractivity contribution in [1.82, 2.24) is 30.3 Å². The van der Waals surface area contributed by atoms with Gasteiger partial charge in [-0.25, -0.2) is 0 Å². The van der Waals surface area contributed by atoms with Gasteiger partial charge in [0.1, 0.15) is 12.2 Å². The van der Waals surface area contributed by atoms with Crippen LogP contribution in [0.2, 0.25) is 0 Å². The lowest BCUT2D eigenvalue weighted by Crippen LogP contribution is -2.47. The zero-order valence-corrected chi connectivity index (χ0v) is 20.5. The summed E-state index contributed by atoms with van der Waals surface area (Å²) in [6.07, 6.45) is 2.58. The molecule has 2 aromatic rings. The molecule has 9 nitrogen and oxygen atoms in total. The van der Waals surface area contributed by atoms with Crippen LogP contribution in [0.3, 0.4) is 0 Å². The predicted molar refractivity (Wildman–Crippen MR) is 131 cm³/mol. The first kappa shape index (κ1) is 25.1.